The van der Waals surface area contributed by atoms with Crippen molar-refractivity contribution in [2.24, 2.45) is 0 Å². The van der Waals surface area contributed by atoms with Gasteiger partial charge in [-0.3, -0.25) is 9.89 Å². The van der Waals surface area contributed by atoms with Crippen molar-refractivity contribution in [3.63, 3.8) is 0 Å². The molecule has 0 atom stereocenters. The molecule has 3 aromatic rings. The largest absolute Gasteiger partial charge is 0.305 e. The van der Waals surface area contributed by atoms with Crippen LogP contribution in [0.15, 0.2) is 30.6 Å². The Morgan fingerprint density at radius 3 is 3.00 bits per heavy atom. The maximum absolute atomic E-state index is 12.5. The van der Waals surface area contributed by atoms with Crippen LogP contribution in [-0.2, 0) is 0 Å². The van der Waals surface area contributed by atoms with Crippen molar-refractivity contribution >= 4 is 11.7 Å². The predicted molar refractivity (Wildman–Crippen MR) is 82.4 cm³/mol. The fourth-order valence-corrected chi connectivity index (χ4v) is 2.55. The lowest BCUT2D eigenvalue weighted by Crippen LogP contribution is -2.13. The number of hydrogen-bond donors (Lipinski definition) is 2. The quantitative estimate of drug-likeness (QED) is 0.765. The minimum atomic E-state index is -0.211. The van der Waals surface area contributed by atoms with Gasteiger partial charge in [0.25, 0.3) is 5.91 Å². The molecule has 0 bridgehead atoms. The Kier molecular flexibility index (Phi) is 3.14. The van der Waals surface area contributed by atoms with E-state index in [1.165, 1.54) is 23.9 Å². The molecule has 1 aliphatic carbocycles. The van der Waals surface area contributed by atoms with Gasteiger partial charge in [0.1, 0.15) is 6.33 Å². The molecule has 1 saturated carbocycles. The molecule has 0 aliphatic heterocycles. The Balaban J connectivity index is 1.56. The molecule has 0 spiro atoms. The summed E-state index contributed by atoms with van der Waals surface area (Å²) in [5.74, 6) is 0.942. The van der Waals surface area contributed by atoms with Crippen LogP contribution in [0.4, 0.5) is 5.82 Å². The average Bonchev–Trinajstić information content (AvgIpc) is 3.13. The number of H-pyrrole nitrogens is 1. The summed E-state index contributed by atoms with van der Waals surface area (Å²) in [6.45, 7) is 1.98. The van der Waals surface area contributed by atoms with Gasteiger partial charge in [0.2, 0.25) is 0 Å². The van der Waals surface area contributed by atoms with Gasteiger partial charge in [0.15, 0.2) is 5.82 Å². The van der Waals surface area contributed by atoms with Gasteiger partial charge < -0.3 is 5.32 Å². The van der Waals surface area contributed by atoms with E-state index in [1.54, 1.807) is 18.2 Å². The number of rotatable bonds is 4. The van der Waals surface area contributed by atoms with Crippen molar-refractivity contribution < 1.29 is 4.79 Å². The molecule has 8 nitrogen and oxygen atoms in total. The van der Waals surface area contributed by atoms with Crippen molar-refractivity contribution in [3.05, 3.63) is 47.4 Å². The van der Waals surface area contributed by atoms with E-state index in [1.807, 2.05) is 13.0 Å². The summed E-state index contributed by atoms with van der Waals surface area (Å²) in [5.41, 5.74) is 3.38. The van der Waals surface area contributed by atoms with Gasteiger partial charge in [-0.25, -0.2) is 4.68 Å². The lowest BCUT2D eigenvalue weighted by atomic mass is 10.1. The second-order valence-electron chi connectivity index (χ2n) is 5.64. The van der Waals surface area contributed by atoms with Crippen LogP contribution in [0.2, 0.25) is 0 Å². The molecule has 0 unspecified atom stereocenters. The first-order chi connectivity index (χ1) is 11.2. The average molecular weight is 309 g/mol. The number of carbonyl (C=O) groups excluding carboxylic acids is 1. The molecule has 23 heavy (non-hydrogen) atoms. The number of aromatic amines is 1. The number of nitrogens with zero attached hydrogens (tertiary/aromatic N) is 5. The highest BCUT2D eigenvalue weighted by molar-refractivity contribution is 6.04. The summed E-state index contributed by atoms with van der Waals surface area (Å²) < 4.78 is 1.50. The van der Waals surface area contributed by atoms with E-state index in [2.05, 4.69) is 31.0 Å². The molecule has 1 fully saturated rings. The molecule has 1 aliphatic rings. The molecule has 1 aromatic carbocycles. The van der Waals surface area contributed by atoms with Crippen LogP contribution in [-0.4, -0.2) is 36.3 Å². The first kappa shape index (κ1) is 13.6. The van der Waals surface area contributed by atoms with E-state index in [0.717, 1.165) is 16.9 Å². The van der Waals surface area contributed by atoms with Crippen LogP contribution in [0.25, 0.3) is 5.69 Å². The highest BCUT2D eigenvalue weighted by atomic mass is 16.1. The molecular weight excluding hydrogens is 294 g/mol. The topological polar surface area (TPSA) is 101 Å². The Labute approximate surface area is 131 Å². The van der Waals surface area contributed by atoms with Crippen molar-refractivity contribution in [1.29, 1.82) is 0 Å². The molecule has 4 rings (SSSR count). The first-order valence-electron chi connectivity index (χ1n) is 7.42. The fourth-order valence-electron chi connectivity index (χ4n) is 2.55. The number of carbonyl (C=O) groups is 1. The molecule has 0 saturated heterocycles. The van der Waals surface area contributed by atoms with Gasteiger partial charge in [-0.1, -0.05) is 6.07 Å². The van der Waals surface area contributed by atoms with Gasteiger partial charge in [-0.05, 0) is 48.4 Å². The number of tetrazole rings is 1. The molecule has 0 radical (unpaired) electrons. The third kappa shape index (κ3) is 2.59. The van der Waals surface area contributed by atoms with Gasteiger partial charge >= 0.3 is 0 Å². The Bertz CT molecular complexity index is 849. The van der Waals surface area contributed by atoms with Crippen LogP contribution in [0.1, 0.15) is 40.4 Å². The zero-order chi connectivity index (χ0) is 15.8. The highest BCUT2D eigenvalue weighted by Crippen LogP contribution is 2.41. The maximum atomic E-state index is 12.5. The summed E-state index contributed by atoms with van der Waals surface area (Å²) in [4.78, 5) is 12.5. The molecular formula is C15H15N7O. The molecule has 8 heteroatoms. The van der Waals surface area contributed by atoms with Crippen molar-refractivity contribution in [1.82, 2.24) is 30.4 Å². The number of nitrogens with one attached hydrogen (secondary N) is 2. The number of benzene rings is 1. The van der Waals surface area contributed by atoms with Gasteiger partial charge in [0, 0.05) is 22.7 Å². The highest BCUT2D eigenvalue weighted by Gasteiger charge is 2.28. The van der Waals surface area contributed by atoms with Crippen LogP contribution in [0.3, 0.4) is 0 Å². The van der Waals surface area contributed by atoms with E-state index >= 15 is 0 Å². The van der Waals surface area contributed by atoms with Crippen LogP contribution >= 0.6 is 0 Å². The third-order valence-electron chi connectivity index (χ3n) is 3.99. The summed E-state index contributed by atoms with van der Waals surface area (Å²) in [5, 5.41) is 21.1. The molecule has 2 heterocycles. The Morgan fingerprint density at radius 1 is 1.39 bits per heavy atom. The van der Waals surface area contributed by atoms with E-state index in [4.69, 9.17) is 0 Å². The molecule has 116 valence electrons. The normalized spacial score (nSPS) is 14.0. The summed E-state index contributed by atoms with van der Waals surface area (Å²) >= 11 is 0. The summed E-state index contributed by atoms with van der Waals surface area (Å²) in [7, 11) is 0. The maximum Gasteiger partial charge on any atom is 0.256 e. The summed E-state index contributed by atoms with van der Waals surface area (Å²) in [6.07, 6.45) is 3.85. The first-order valence-corrected chi connectivity index (χ1v) is 7.42. The van der Waals surface area contributed by atoms with Crippen LogP contribution in [0, 0.1) is 6.92 Å². The van der Waals surface area contributed by atoms with Crippen molar-refractivity contribution in [3.8, 4) is 5.69 Å². The second kappa shape index (κ2) is 5.31. The lowest BCUT2D eigenvalue weighted by Gasteiger charge is -2.05. The van der Waals surface area contributed by atoms with Gasteiger partial charge in [-0.2, -0.15) is 5.10 Å². The number of amides is 1. The smallest absolute Gasteiger partial charge is 0.256 e. The summed E-state index contributed by atoms with van der Waals surface area (Å²) in [6, 6.07) is 7.10. The minimum absolute atomic E-state index is 0.211. The molecule has 2 aromatic heterocycles. The van der Waals surface area contributed by atoms with Crippen molar-refractivity contribution in [2.75, 3.05) is 5.32 Å². The number of anilines is 1. The number of hydrogen-bond acceptors (Lipinski definition) is 5. The second-order valence-corrected chi connectivity index (χ2v) is 5.64. The lowest BCUT2D eigenvalue weighted by molar-refractivity contribution is 0.102. The number of aromatic nitrogens is 6. The van der Waals surface area contributed by atoms with Crippen LogP contribution < -0.4 is 5.32 Å². The Hall–Kier alpha value is -3.03. The third-order valence-corrected chi connectivity index (χ3v) is 3.99. The van der Waals surface area contributed by atoms with E-state index in [0.29, 0.717) is 17.3 Å². The zero-order valence-electron chi connectivity index (χ0n) is 12.5. The monoisotopic (exact) mass is 309 g/mol. The standard InChI is InChI=1S/C15H15N7O/c1-9-13(10-5-6-10)18-19-14(9)17-15(23)11-3-2-4-12(7-11)22-8-16-20-21-22/h2-4,7-8,10H,5-6H2,1H3,(H2,17,18,19,23). The van der Waals surface area contributed by atoms with Crippen molar-refractivity contribution in [2.45, 2.75) is 25.7 Å². The van der Waals surface area contributed by atoms with Gasteiger partial charge in [-0.15, -0.1) is 5.10 Å². The molecule has 1 amide bonds. The zero-order valence-corrected chi connectivity index (χ0v) is 12.5. The fraction of sp³-hybridized carbons (Fsp3) is 0.267. The molecule has 2 N–H and O–H groups in total. The van der Waals surface area contributed by atoms with E-state index in [9.17, 15) is 4.79 Å². The SMILES string of the molecule is Cc1c(NC(=O)c2cccc(-n3cnnn3)c2)n[nH]c1C1CC1. The minimum Gasteiger partial charge on any atom is -0.305 e. The predicted octanol–water partition coefficient (Wildman–Crippen LogP) is 1.82. The van der Waals surface area contributed by atoms with Crippen LogP contribution in [0.5, 0.6) is 0 Å². The Morgan fingerprint density at radius 2 is 2.26 bits per heavy atom. The van der Waals surface area contributed by atoms with E-state index < -0.39 is 0 Å². The van der Waals surface area contributed by atoms with E-state index in [-0.39, 0.29) is 5.91 Å². The van der Waals surface area contributed by atoms with Gasteiger partial charge in [0.05, 0.1) is 5.69 Å².